The molecule has 0 spiro atoms. The number of nitrogens with one attached hydrogen (secondary N) is 1. The summed E-state index contributed by atoms with van der Waals surface area (Å²) >= 11 is 0. The van der Waals surface area contributed by atoms with Crippen LogP contribution in [0.2, 0.25) is 0 Å². The van der Waals surface area contributed by atoms with Crippen LogP contribution in [0.25, 0.3) is 22.2 Å². The van der Waals surface area contributed by atoms with Gasteiger partial charge in [-0.25, -0.2) is 23.1 Å². The minimum absolute atomic E-state index is 0.0253. The number of pyridine rings is 1. The predicted molar refractivity (Wildman–Crippen MR) is 153 cm³/mol. The fourth-order valence-corrected chi connectivity index (χ4v) is 5.53. The van der Waals surface area contributed by atoms with Crippen LogP contribution < -0.4 is 15.2 Å². The van der Waals surface area contributed by atoms with E-state index in [-0.39, 0.29) is 29.8 Å². The number of rotatable bonds is 8. The van der Waals surface area contributed by atoms with E-state index in [1.54, 1.807) is 12.3 Å². The normalized spacial score (nSPS) is 11.8. The minimum Gasteiger partial charge on any atom is -0.483 e. The Balaban J connectivity index is 0.00000118. The van der Waals surface area contributed by atoms with Gasteiger partial charge in [-0.3, -0.25) is 4.79 Å². The molecule has 0 saturated carbocycles. The molecular formula is C29H29N5O5S. The quantitative estimate of drug-likeness (QED) is 0.236. The fourth-order valence-electron chi connectivity index (χ4n) is 4.37. The summed E-state index contributed by atoms with van der Waals surface area (Å²) in [6, 6.07) is 26.6. The van der Waals surface area contributed by atoms with Crippen molar-refractivity contribution in [2.75, 3.05) is 12.8 Å². The number of anilines is 1. The van der Waals surface area contributed by atoms with Gasteiger partial charge in [-0.05, 0) is 41.8 Å². The van der Waals surface area contributed by atoms with Crippen molar-refractivity contribution in [1.82, 2.24) is 19.3 Å². The second kappa shape index (κ2) is 12.4. The van der Waals surface area contributed by atoms with Crippen LogP contribution in [0.5, 0.6) is 5.88 Å². The molecule has 0 bridgehead atoms. The standard InChI is InChI=1S/C28H27N5O3S.CH2O2/c1-19(21-11-7-4-8-12-21)33-25-15-22(13-14-24(25)32-28(33)29)23-16-26(27(36-2)30-18-23)37(34,35)31-17-20-9-5-3-6-10-20;2-1-3/h3-16,18-19,31H,17H2,1-2H3,(H2,29,32);1H,(H,2,3)/t19-;/m1./s1. The van der Waals surface area contributed by atoms with E-state index in [4.69, 9.17) is 20.4 Å². The van der Waals surface area contributed by atoms with E-state index < -0.39 is 10.0 Å². The molecule has 40 heavy (non-hydrogen) atoms. The van der Waals surface area contributed by atoms with Gasteiger partial charge in [0.05, 0.1) is 24.2 Å². The van der Waals surface area contributed by atoms with Crippen molar-refractivity contribution in [3.05, 3.63) is 102 Å². The number of aromatic nitrogens is 3. The number of ether oxygens (including phenoxy) is 1. The van der Waals surface area contributed by atoms with Gasteiger partial charge in [0, 0.05) is 18.3 Å². The smallest absolute Gasteiger partial charge is 0.290 e. The lowest BCUT2D eigenvalue weighted by atomic mass is 10.1. The number of sulfonamides is 1. The Morgan fingerprint density at radius 1 is 1.02 bits per heavy atom. The molecule has 1 atom stereocenters. The maximum atomic E-state index is 13.2. The average Bonchev–Trinajstić information content (AvgIpc) is 3.31. The molecule has 206 valence electrons. The summed E-state index contributed by atoms with van der Waals surface area (Å²) < 4.78 is 36.4. The molecule has 11 heteroatoms. The van der Waals surface area contributed by atoms with Crippen molar-refractivity contribution < 1.29 is 23.1 Å². The van der Waals surface area contributed by atoms with Crippen LogP contribution in [0.1, 0.15) is 24.1 Å². The molecule has 0 aliphatic heterocycles. The zero-order chi connectivity index (χ0) is 28.7. The van der Waals surface area contributed by atoms with Gasteiger partial charge in [0.25, 0.3) is 6.47 Å². The molecule has 4 N–H and O–H groups in total. The van der Waals surface area contributed by atoms with Crippen molar-refractivity contribution in [3.8, 4) is 17.0 Å². The van der Waals surface area contributed by atoms with E-state index in [2.05, 4.69) is 21.6 Å². The molecule has 0 unspecified atom stereocenters. The monoisotopic (exact) mass is 559 g/mol. The van der Waals surface area contributed by atoms with Crippen LogP contribution in [0.3, 0.4) is 0 Å². The molecule has 10 nitrogen and oxygen atoms in total. The number of nitrogen functional groups attached to an aromatic ring is 1. The number of nitrogens with two attached hydrogens (primary N) is 1. The van der Waals surface area contributed by atoms with Crippen LogP contribution in [0.4, 0.5) is 5.95 Å². The highest BCUT2D eigenvalue weighted by atomic mass is 32.2. The highest BCUT2D eigenvalue weighted by Crippen LogP contribution is 2.32. The average molecular weight is 560 g/mol. The Labute approximate surface area is 232 Å². The van der Waals surface area contributed by atoms with Gasteiger partial charge >= 0.3 is 0 Å². The van der Waals surface area contributed by atoms with Gasteiger partial charge in [-0.1, -0.05) is 66.7 Å². The van der Waals surface area contributed by atoms with Gasteiger partial charge in [0.2, 0.25) is 21.9 Å². The number of hydrogen-bond acceptors (Lipinski definition) is 7. The second-order valence-corrected chi connectivity index (χ2v) is 10.5. The maximum absolute atomic E-state index is 13.2. The van der Waals surface area contributed by atoms with E-state index in [0.717, 1.165) is 27.7 Å². The number of methoxy groups -OCH3 is 1. The first-order chi connectivity index (χ1) is 19.3. The van der Waals surface area contributed by atoms with E-state index >= 15 is 0 Å². The molecular weight excluding hydrogens is 530 g/mol. The summed E-state index contributed by atoms with van der Waals surface area (Å²) in [6.45, 7) is 1.97. The predicted octanol–water partition coefficient (Wildman–Crippen LogP) is 4.48. The Hall–Kier alpha value is -4.74. The highest BCUT2D eigenvalue weighted by Gasteiger charge is 2.22. The fraction of sp³-hybridized carbons (Fsp3) is 0.138. The van der Waals surface area contributed by atoms with Crippen molar-refractivity contribution in [2.24, 2.45) is 0 Å². The number of benzene rings is 3. The van der Waals surface area contributed by atoms with Gasteiger partial charge in [-0.15, -0.1) is 0 Å². The van der Waals surface area contributed by atoms with Crippen molar-refractivity contribution >= 4 is 33.5 Å². The number of fused-ring (bicyclic) bond motifs is 1. The summed E-state index contributed by atoms with van der Waals surface area (Å²) in [6.07, 6.45) is 1.60. The van der Waals surface area contributed by atoms with Gasteiger partial charge in [0.1, 0.15) is 4.90 Å². The summed E-state index contributed by atoms with van der Waals surface area (Å²) in [5, 5.41) is 6.89. The Morgan fingerprint density at radius 3 is 2.33 bits per heavy atom. The van der Waals surface area contributed by atoms with E-state index in [0.29, 0.717) is 11.5 Å². The number of nitrogens with zero attached hydrogens (tertiary/aromatic N) is 3. The largest absolute Gasteiger partial charge is 0.483 e. The molecule has 0 radical (unpaired) electrons. The summed E-state index contributed by atoms with van der Waals surface area (Å²) in [5.74, 6) is 0.433. The number of hydrogen-bond donors (Lipinski definition) is 3. The lowest BCUT2D eigenvalue weighted by Crippen LogP contribution is -2.24. The van der Waals surface area contributed by atoms with Crippen LogP contribution in [-0.2, 0) is 21.4 Å². The Kier molecular flexibility index (Phi) is 8.77. The third-order valence-corrected chi connectivity index (χ3v) is 7.73. The first-order valence-electron chi connectivity index (χ1n) is 12.3. The zero-order valence-corrected chi connectivity index (χ0v) is 22.7. The lowest BCUT2D eigenvalue weighted by Gasteiger charge is -2.17. The highest BCUT2D eigenvalue weighted by molar-refractivity contribution is 7.89. The molecule has 0 saturated heterocycles. The van der Waals surface area contributed by atoms with E-state index in [9.17, 15) is 8.42 Å². The van der Waals surface area contributed by atoms with Gasteiger partial charge in [0.15, 0.2) is 0 Å². The SMILES string of the molecule is COc1ncc(-c2ccc3nc(N)n([C@H](C)c4ccccc4)c3c2)cc1S(=O)(=O)NCc1ccccc1.O=CO. The molecule has 5 rings (SSSR count). The van der Waals surface area contributed by atoms with Crippen molar-refractivity contribution in [2.45, 2.75) is 24.4 Å². The zero-order valence-electron chi connectivity index (χ0n) is 21.9. The number of carboxylic acid groups (broad SMARTS) is 1. The molecule has 5 aromatic rings. The third-order valence-electron chi connectivity index (χ3n) is 6.33. The lowest BCUT2D eigenvalue weighted by molar-refractivity contribution is -0.122. The van der Waals surface area contributed by atoms with Gasteiger partial charge < -0.3 is 20.1 Å². The second-order valence-electron chi connectivity index (χ2n) is 8.78. The third kappa shape index (κ3) is 6.11. The molecule has 0 amide bonds. The molecule has 2 heterocycles. The summed E-state index contributed by atoms with van der Waals surface area (Å²) in [4.78, 5) is 17.2. The molecule has 2 aromatic heterocycles. The first kappa shape index (κ1) is 28.3. The van der Waals surface area contributed by atoms with Crippen molar-refractivity contribution in [3.63, 3.8) is 0 Å². The molecule has 0 aliphatic carbocycles. The van der Waals surface area contributed by atoms with Crippen LogP contribution >= 0.6 is 0 Å². The Morgan fingerprint density at radius 2 is 1.68 bits per heavy atom. The maximum Gasteiger partial charge on any atom is 0.290 e. The first-order valence-corrected chi connectivity index (χ1v) is 13.8. The Bertz CT molecular complexity index is 1710. The number of carbonyl (C=O) groups is 1. The van der Waals surface area contributed by atoms with Crippen molar-refractivity contribution in [1.29, 1.82) is 0 Å². The minimum atomic E-state index is -3.90. The number of imidazole rings is 1. The summed E-state index contributed by atoms with van der Waals surface area (Å²) in [5.41, 5.74) is 11.3. The summed E-state index contributed by atoms with van der Waals surface area (Å²) in [7, 11) is -2.50. The van der Waals surface area contributed by atoms with E-state index in [1.807, 2.05) is 83.4 Å². The van der Waals surface area contributed by atoms with E-state index in [1.165, 1.54) is 7.11 Å². The molecule has 0 fully saturated rings. The van der Waals surface area contributed by atoms with Gasteiger partial charge in [-0.2, -0.15) is 0 Å². The molecule has 3 aromatic carbocycles. The van der Waals surface area contributed by atoms with Crippen LogP contribution in [0, 0.1) is 0 Å². The molecule has 0 aliphatic rings. The topological polar surface area (TPSA) is 149 Å². The van der Waals surface area contributed by atoms with Crippen LogP contribution in [0.15, 0.2) is 96.0 Å². The van der Waals surface area contributed by atoms with Crippen LogP contribution in [-0.4, -0.2) is 41.6 Å².